The number of aromatic amines is 1. The van der Waals surface area contributed by atoms with E-state index < -0.39 is 0 Å². The highest BCUT2D eigenvalue weighted by Gasteiger charge is 2.02. The number of hydrogen-bond donors (Lipinski definition) is 2. The van der Waals surface area contributed by atoms with Crippen LogP contribution in [-0.2, 0) is 4.79 Å². The summed E-state index contributed by atoms with van der Waals surface area (Å²) in [5, 5.41) is 5.14. The van der Waals surface area contributed by atoms with Gasteiger partial charge in [0.2, 0.25) is 6.41 Å². The summed E-state index contributed by atoms with van der Waals surface area (Å²) in [7, 11) is 0. The monoisotopic (exact) mass is 203 g/mol. The van der Waals surface area contributed by atoms with E-state index in [1.165, 1.54) is 10.7 Å². The van der Waals surface area contributed by atoms with Crippen LogP contribution in [0.1, 0.15) is 0 Å². The number of hydrogen-bond acceptors (Lipinski definition) is 2. The lowest BCUT2D eigenvalue weighted by atomic mass is 10.3. The molecule has 5 nitrogen and oxygen atoms in total. The maximum absolute atomic E-state index is 11.5. The Morgan fingerprint density at radius 3 is 2.67 bits per heavy atom. The highest BCUT2D eigenvalue weighted by atomic mass is 16.1. The third-order valence-electron chi connectivity index (χ3n) is 1.95. The first-order chi connectivity index (χ1) is 7.31. The molecule has 0 unspecified atom stereocenters. The number of aromatic nitrogens is 2. The number of para-hydroxylation sites is 1. The molecule has 1 aromatic heterocycles. The van der Waals surface area contributed by atoms with Gasteiger partial charge < -0.3 is 5.32 Å². The van der Waals surface area contributed by atoms with E-state index >= 15 is 0 Å². The number of carbonyl (C=O) groups is 1. The van der Waals surface area contributed by atoms with E-state index in [1.807, 2.05) is 18.2 Å². The Hall–Kier alpha value is -2.30. The van der Waals surface area contributed by atoms with Crippen molar-refractivity contribution in [3.8, 4) is 5.69 Å². The number of carbonyl (C=O) groups excluding carboxylic acids is 1. The van der Waals surface area contributed by atoms with Crippen LogP contribution in [0.5, 0.6) is 0 Å². The van der Waals surface area contributed by atoms with E-state index in [1.54, 1.807) is 12.1 Å². The molecule has 0 spiro atoms. The fourth-order valence-electron chi connectivity index (χ4n) is 1.30. The number of benzene rings is 1. The predicted octanol–water partition coefficient (Wildman–Crippen LogP) is 0.734. The van der Waals surface area contributed by atoms with E-state index in [4.69, 9.17) is 0 Å². The van der Waals surface area contributed by atoms with Gasteiger partial charge in [-0.3, -0.25) is 14.7 Å². The molecule has 0 aliphatic rings. The van der Waals surface area contributed by atoms with Gasteiger partial charge in [-0.1, -0.05) is 18.2 Å². The summed E-state index contributed by atoms with van der Waals surface area (Å²) >= 11 is 0. The molecule has 2 rings (SSSR count). The minimum atomic E-state index is -0.217. The van der Waals surface area contributed by atoms with Gasteiger partial charge in [0.25, 0.3) is 5.56 Å². The Labute approximate surface area is 85.3 Å². The normalized spacial score (nSPS) is 9.87. The molecule has 76 valence electrons. The predicted molar refractivity (Wildman–Crippen MR) is 56.1 cm³/mol. The molecule has 1 heterocycles. The lowest BCUT2D eigenvalue weighted by Crippen LogP contribution is -2.12. The molecule has 0 aliphatic heterocycles. The maximum atomic E-state index is 11.5. The Morgan fingerprint density at radius 1 is 1.27 bits per heavy atom. The molecule has 2 aromatic rings. The van der Waals surface area contributed by atoms with Gasteiger partial charge in [-0.2, -0.15) is 0 Å². The van der Waals surface area contributed by atoms with Crippen molar-refractivity contribution < 1.29 is 4.79 Å². The van der Waals surface area contributed by atoms with Gasteiger partial charge in [0.15, 0.2) is 0 Å². The van der Waals surface area contributed by atoms with E-state index in [0.29, 0.717) is 12.2 Å². The topological polar surface area (TPSA) is 66.9 Å². The molecule has 5 heteroatoms. The molecule has 0 fully saturated rings. The molecule has 0 bridgehead atoms. The zero-order valence-electron chi connectivity index (χ0n) is 7.81. The number of anilines is 1. The van der Waals surface area contributed by atoms with Crippen molar-refractivity contribution in [2.24, 2.45) is 0 Å². The van der Waals surface area contributed by atoms with Crippen molar-refractivity contribution in [2.45, 2.75) is 0 Å². The van der Waals surface area contributed by atoms with Crippen LogP contribution in [0.25, 0.3) is 5.69 Å². The van der Waals surface area contributed by atoms with Crippen LogP contribution >= 0.6 is 0 Å². The average molecular weight is 203 g/mol. The average Bonchev–Trinajstić information content (AvgIpc) is 2.61. The van der Waals surface area contributed by atoms with Gasteiger partial charge in [-0.15, -0.1) is 0 Å². The molecule has 1 amide bonds. The molecular formula is C10H9N3O2. The molecule has 1 aromatic carbocycles. The maximum Gasteiger partial charge on any atom is 0.273 e. The van der Waals surface area contributed by atoms with Gasteiger partial charge in [-0.25, -0.2) is 4.68 Å². The molecule has 15 heavy (non-hydrogen) atoms. The zero-order valence-corrected chi connectivity index (χ0v) is 7.81. The van der Waals surface area contributed by atoms with Gasteiger partial charge in [0.05, 0.1) is 5.69 Å². The quantitative estimate of drug-likeness (QED) is 0.722. The molecular weight excluding hydrogens is 194 g/mol. The molecule has 0 atom stereocenters. The number of H-pyrrole nitrogens is 1. The van der Waals surface area contributed by atoms with E-state index in [2.05, 4.69) is 10.4 Å². The van der Waals surface area contributed by atoms with E-state index in [9.17, 15) is 9.59 Å². The van der Waals surface area contributed by atoms with Gasteiger partial charge >= 0.3 is 0 Å². The van der Waals surface area contributed by atoms with Crippen LogP contribution in [0.4, 0.5) is 5.82 Å². The fourth-order valence-corrected chi connectivity index (χ4v) is 1.30. The lowest BCUT2D eigenvalue weighted by molar-refractivity contribution is -0.105. The first-order valence-corrected chi connectivity index (χ1v) is 4.39. The standard InChI is InChI=1S/C10H9N3O2/c14-7-11-9-6-10(15)13(12-9)8-4-2-1-3-5-8/h1-7,12H,(H,11,14). The van der Waals surface area contributed by atoms with E-state index in [-0.39, 0.29) is 5.56 Å². The third-order valence-corrected chi connectivity index (χ3v) is 1.95. The minimum Gasteiger partial charge on any atom is -0.314 e. The second-order valence-electron chi connectivity index (χ2n) is 2.94. The molecule has 2 N–H and O–H groups in total. The summed E-state index contributed by atoms with van der Waals surface area (Å²) in [6.45, 7) is 0. The van der Waals surface area contributed by atoms with Gasteiger partial charge in [0, 0.05) is 6.07 Å². The Balaban J connectivity index is 2.45. The summed E-state index contributed by atoms with van der Waals surface area (Å²) in [5.74, 6) is 0.374. The molecule has 0 aliphatic carbocycles. The van der Waals surface area contributed by atoms with Crippen LogP contribution in [0.3, 0.4) is 0 Å². The fraction of sp³-hybridized carbons (Fsp3) is 0. The van der Waals surface area contributed by atoms with Crippen molar-refractivity contribution in [2.75, 3.05) is 5.32 Å². The van der Waals surface area contributed by atoms with Crippen molar-refractivity contribution in [1.29, 1.82) is 0 Å². The first-order valence-electron chi connectivity index (χ1n) is 4.39. The van der Waals surface area contributed by atoms with Crippen molar-refractivity contribution >= 4 is 12.2 Å². The largest absolute Gasteiger partial charge is 0.314 e. The number of nitrogens with one attached hydrogen (secondary N) is 2. The summed E-state index contributed by atoms with van der Waals surface area (Å²) in [5.41, 5.74) is 0.506. The molecule has 0 radical (unpaired) electrons. The Kier molecular flexibility index (Phi) is 2.37. The smallest absolute Gasteiger partial charge is 0.273 e. The van der Waals surface area contributed by atoms with Gasteiger partial charge in [0.1, 0.15) is 5.82 Å². The second-order valence-corrected chi connectivity index (χ2v) is 2.94. The van der Waals surface area contributed by atoms with Crippen LogP contribution in [0.2, 0.25) is 0 Å². The van der Waals surface area contributed by atoms with Crippen molar-refractivity contribution in [3.63, 3.8) is 0 Å². The summed E-state index contributed by atoms with van der Waals surface area (Å²) in [6, 6.07) is 10.4. The lowest BCUT2D eigenvalue weighted by Gasteiger charge is -2.00. The summed E-state index contributed by atoms with van der Waals surface area (Å²) in [4.78, 5) is 21.7. The second kappa shape index (κ2) is 3.83. The number of rotatable bonds is 3. The third kappa shape index (κ3) is 1.80. The highest BCUT2D eigenvalue weighted by Crippen LogP contribution is 2.04. The van der Waals surface area contributed by atoms with Crippen LogP contribution in [0, 0.1) is 0 Å². The van der Waals surface area contributed by atoms with Crippen molar-refractivity contribution in [3.05, 3.63) is 46.8 Å². The summed E-state index contributed by atoms with van der Waals surface area (Å²) < 4.78 is 1.35. The van der Waals surface area contributed by atoms with Gasteiger partial charge in [-0.05, 0) is 12.1 Å². The first kappa shape index (κ1) is 9.26. The SMILES string of the molecule is O=CNc1cc(=O)n(-c2ccccc2)[nH]1. The van der Waals surface area contributed by atoms with E-state index in [0.717, 1.165) is 5.69 Å². The van der Waals surface area contributed by atoms with Crippen LogP contribution < -0.4 is 10.9 Å². The van der Waals surface area contributed by atoms with Crippen LogP contribution in [-0.4, -0.2) is 16.2 Å². The van der Waals surface area contributed by atoms with Crippen molar-refractivity contribution in [1.82, 2.24) is 9.78 Å². The number of nitrogens with zero attached hydrogens (tertiary/aromatic N) is 1. The van der Waals surface area contributed by atoms with Crippen LogP contribution in [0.15, 0.2) is 41.2 Å². The number of amides is 1. The zero-order chi connectivity index (χ0) is 10.7. The Bertz CT molecular complexity index is 513. The Morgan fingerprint density at radius 2 is 2.00 bits per heavy atom. The molecule has 0 saturated carbocycles. The minimum absolute atomic E-state index is 0.217. The summed E-state index contributed by atoms with van der Waals surface area (Å²) in [6.07, 6.45) is 0.514. The highest BCUT2D eigenvalue weighted by molar-refractivity contribution is 5.68. The molecule has 0 saturated heterocycles.